The number of anilines is 1. The summed E-state index contributed by atoms with van der Waals surface area (Å²) in [6.45, 7) is 3.95. The van der Waals surface area contributed by atoms with Gasteiger partial charge in [0.15, 0.2) is 5.78 Å². The van der Waals surface area contributed by atoms with E-state index in [1.54, 1.807) is 0 Å². The van der Waals surface area contributed by atoms with Gasteiger partial charge < -0.3 is 11.1 Å². The predicted molar refractivity (Wildman–Crippen MR) is 111 cm³/mol. The molecular formula is C22H25N5O. The number of rotatable bonds is 4. The Morgan fingerprint density at radius 3 is 2.68 bits per heavy atom. The molecule has 0 amide bonds. The highest BCUT2D eigenvalue weighted by Gasteiger charge is 2.21. The lowest BCUT2D eigenvalue weighted by Gasteiger charge is -2.22. The van der Waals surface area contributed by atoms with Gasteiger partial charge in [-0.3, -0.25) is 14.8 Å². The quantitative estimate of drug-likeness (QED) is 0.726. The molecule has 6 nitrogen and oxygen atoms in total. The van der Waals surface area contributed by atoms with Crippen LogP contribution in [0.5, 0.6) is 0 Å². The van der Waals surface area contributed by atoms with Crippen molar-refractivity contribution in [1.82, 2.24) is 15.0 Å². The largest absolute Gasteiger partial charge is 0.373 e. The number of carbonyl (C=O) groups is 1. The van der Waals surface area contributed by atoms with Crippen LogP contribution in [0.15, 0.2) is 30.6 Å². The molecule has 0 fully saturated rings. The number of nitrogens with two attached hydrogens (primary N) is 1. The molecule has 0 saturated carbocycles. The second-order valence-corrected chi connectivity index (χ2v) is 7.96. The molecule has 4 rings (SSSR count). The normalized spacial score (nSPS) is 14.2. The third kappa shape index (κ3) is 3.36. The van der Waals surface area contributed by atoms with E-state index in [1.807, 2.05) is 45.4 Å². The molecule has 0 unspecified atom stereocenters. The van der Waals surface area contributed by atoms with Crippen molar-refractivity contribution < 1.29 is 4.79 Å². The molecule has 3 aromatic rings. The van der Waals surface area contributed by atoms with Crippen LogP contribution in [-0.4, -0.2) is 27.8 Å². The van der Waals surface area contributed by atoms with Gasteiger partial charge in [-0.1, -0.05) is 0 Å². The van der Waals surface area contributed by atoms with Gasteiger partial charge in [-0.25, -0.2) is 4.98 Å². The summed E-state index contributed by atoms with van der Waals surface area (Å²) in [4.78, 5) is 25.9. The zero-order valence-electron chi connectivity index (χ0n) is 16.5. The van der Waals surface area contributed by atoms with Crippen LogP contribution < -0.4 is 11.1 Å². The second kappa shape index (κ2) is 6.95. The maximum absolute atomic E-state index is 12.0. The van der Waals surface area contributed by atoms with E-state index in [9.17, 15) is 4.79 Å². The van der Waals surface area contributed by atoms with Crippen molar-refractivity contribution in [2.24, 2.45) is 5.73 Å². The molecule has 1 aliphatic carbocycles. The van der Waals surface area contributed by atoms with Crippen LogP contribution in [0.1, 0.15) is 59.7 Å². The summed E-state index contributed by atoms with van der Waals surface area (Å²) in [6, 6.07) is 5.93. The number of pyridine rings is 3. The Labute approximate surface area is 164 Å². The number of aryl methyl sites for hydroxylation is 1. The molecule has 0 aliphatic heterocycles. The Bertz CT molecular complexity index is 1070. The minimum atomic E-state index is -0.513. The molecule has 144 valence electrons. The first kappa shape index (κ1) is 18.5. The fraction of sp³-hybridized carbons (Fsp3) is 0.364. The second-order valence-electron chi connectivity index (χ2n) is 7.96. The van der Waals surface area contributed by atoms with E-state index in [4.69, 9.17) is 10.7 Å². The van der Waals surface area contributed by atoms with Crippen LogP contribution in [0.2, 0.25) is 0 Å². The third-order valence-corrected chi connectivity index (χ3v) is 5.27. The Hall–Kier alpha value is -2.86. The zero-order valence-corrected chi connectivity index (χ0v) is 16.5. The topological polar surface area (TPSA) is 93.8 Å². The molecule has 3 heterocycles. The van der Waals surface area contributed by atoms with Crippen molar-refractivity contribution in [3.63, 3.8) is 0 Å². The fourth-order valence-corrected chi connectivity index (χ4v) is 3.81. The summed E-state index contributed by atoms with van der Waals surface area (Å²) >= 11 is 0. The van der Waals surface area contributed by atoms with Gasteiger partial charge in [-0.15, -0.1) is 0 Å². The summed E-state index contributed by atoms with van der Waals surface area (Å²) in [5.74, 6) is 0.985. The molecule has 0 radical (unpaired) electrons. The molecule has 3 aromatic heterocycles. The van der Waals surface area contributed by atoms with Crippen molar-refractivity contribution in [1.29, 1.82) is 0 Å². The van der Waals surface area contributed by atoms with Gasteiger partial charge in [0, 0.05) is 60.2 Å². The number of fused-ring (bicyclic) bond motifs is 2. The van der Waals surface area contributed by atoms with E-state index in [0.717, 1.165) is 57.6 Å². The molecule has 1 aliphatic rings. The Balaban J connectivity index is 1.75. The number of carbonyl (C=O) groups excluding carboxylic acids is 1. The highest BCUT2D eigenvalue weighted by molar-refractivity contribution is 5.98. The third-order valence-electron chi connectivity index (χ3n) is 5.27. The molecule has 0 aromatic carbocycles. The van der Waals surface area contributed by atoms with Crippen molar-refractivity contribution >= 4 is 22.4 Å². The van der Waals surface area contributed by atoms with E-state index in [1.165, 1.54) is 0 Å². The van der Waals surface area contributed by atoms with E-state index in [0.29, 0.717) is 12.8 Å². The Kier molecular flexibility index (Phi) is 4.59. The van der Waals surface area contributed by atoms with Crippen molar-refractivity contribution in [2.75, 3.05) is 12.4 Å². The van der Waals surface area contributed by atoms with Crippen LogP contribution >= 0.6 is 0 Å². The summed E-state index contributed by atoms with van der Waals surface area (Å²) in [5, 5.41) is 5.12. The first-order valence-corrected chi connectivity index (χ1v) is 9.63. The fourth-order valence-electron chi connectivity index (χ4n) is 3.81. The van der Waals surface area contributed by atoms with E-state index < -0.39 is 5.54 Å². The number of aromatic nitrogens is 3. The molecule has 0 bridgehead atoms. The summed E-state index contributed by atoms with van der Waals surface area (Å²) in [7, 11) is 1.85. The highest BCUT2D eigenvalue weighted by atomic mass is 16.1. The minimum absolute atomic E-state index is 0.200. The van der Waals surface area contributed by atoms with Gasteiger partial charge in [-0.2, -0.15) is 0 Å². The number of Topliss-reactive ketones (excluding diaryl/α,β-unsaturated/α-hetero) is 1. The summed E-state index contributed by atoms with van der Waals surface area (Å²) in [5.41, 5.74) is 10.4. The average molecular weight is 375 g/mol. The van der Waals surface area contributed by atoms with E-state index >= 15 is 0 Å². The maximum atomic E-state index is 12.0. The lowest BCUT2D eigenvalue weighted by molar-refractivity contribution is 0.0971. The van der Waals surface area contributed by atoms with Crippen LogP contribution in [0.25, 0.3) is 10.8 Å². The summed E-state index contributed by atoms with van der Waals surface area (Å²) in [6.07, 6.45) is 6.66. The average Bonchev–Trinajstić information content (AvgIpc) is 2.66. The van der Waals surface area contributed by atoms with E-state index in [2.05, 4.69) is 21.4 Å². The van der Waals surface area contributed by atoms with Crippen LogP contribution in [0, 0.1) is 0 Å². The van der Waals surface area contributed by atoms with Crippen molar-refractivity contribution in [2.45, 2.75) is 45.1 Å². The lowest BCUT2D eigenvalue weighted by Crippen LogP contribution is -2.29. The number of hydrogen-bond donors (Lipinski definition) is 2. The van der Waals surface area contributed by atoms with Gasteiger partial charge in [0.2, 0.25) is 0 Å². The molecule has 28 heavy (non-hydrogen) atoms. The number of nitrogens with zero attached hydrogens (tertiary/aromatic N) is 3. The van der Waals surface area contributed by atoms with Crippen molar-refractivity contribution in [3.05, 3.63) is 58.8 Å². The predicted octanol–water partition coefficient (Wildman–Crippen LogP) is 3.37. The molecule has 0 spiro atoms. The van der Waals surface area contributed by atoms with Gasteiger partial charge in [0.05, 0.1) is 5.69 Å². The molecular weight excluding hydrogens is 350 g/mol. The Morgan fingerprint density at radius 1 is 1.11 bits per heavy atom. The first-order chi connectivity index (χ1) is 13.4. The van der Waals surface area contributed by atoms with Crippen LogP contribution in [0.4, 0.5) is 5.82 Å². The van der Waals surface area contributed by atoms with Gasteiger partial charge in [-0.05, 0) is 55.8 Å². The SMILES string of the molecule is CNc1ncc(C(C)(C)N)c2cc(Cc3ccc4c(n3)CCCC4=O)ncc12. The van der Waals surface area contributed by atoms with Gasteiger partial charge in [0.1, 0.15) is 5.82 Å². The van der Waals surface area contributed by atoms with Gasteiger partial charge in [0.25, 0.3) is 0 Å². The van der Waals surface area contributed by atoms with Gasteiger partial charge >= 0.3 is 0 Å². The smallest absolute Gasteiger partial charge is 0.164 e. The Morgan fingerprint density at radius 2 is 1.93 bits per heavy atom. The monoisotopic (exact) mass is 375 g/mol. The van der Waals surface area contributed by atoms with Crippen LogP contribution in [0.3, 0.4) is 0 Å². The lowest BCUT2D eigenvalue weighted by atomic mass is 9.92. The van der Waals surface area contributed by atoms with Crippen LogP contribution in [-0.2, 0) is 18.4 Å². The summed E-state index contributed by atoms with van der Waals surface area (Å²) < 4.78 is 0. The standard InChI is InChI=1S/C22H25N5O/c1-22(2,23)18-12-26-21(24-3)17-11-25-14(10-16(17)18)9-13-7-8-15-19(27-13)5-4-6-20(15)28/h7-8,10-12H,4-6,9,23H2,1-3H3,(H,24,26). The molecule has 3 N–H and O–H groups in total. The molecule has 6 heteroatoms. The maximum Gasteiger partial charge on any atom is 0.164 e. The molecule has 0 saturated heterocycles. The zero-order chi connectivity index (χ0) is 19.9. The highest BCUT2D eigenvalue weighted by Crippen LogP contribution is 2.30. The minimum Gasteiger partial charge on any atom is -0.373 e. The van der Waals surface area contributed by atoms with E-state index in [-0.39, 0.29) is 5.78 Å². The number of ketones is 1. The molecule has 0 atom stereocenters. The van der Waals surface area contributed by atoms with Crippen molar-refractivity contribution in [3.8, 4) is 0 Å². The number of hydrogen-bond acceptors (Lipinski definition) is 6. The number of nitrogens with one attached hydrogen (secondary N) is 1. The first-order valence-electron chi connectivity index (χ1n) is 9.63.